The fourth-order valence-electron chi connectivity index (χ4n) is 4.64. The summed E-state index contributed by atoms with van der Waals surface area (Å²) in [6, 6.07) is 4.03. The third-order valence-electron chi connectivity index (χ3n) is 6.45. The van der Waals surface area contributed by atoms with Gasteiger partial charge in [-0.05, 0) is 41.5 Å². The Balaban J connectivity index is 1.96. The zero-order chi connectivity index (χ0) is 23.5. The highest BCUT2D eigenvalue weighted by Crippen LogP contribution is 2.46. The van der Waals surface area contributed by atoms with E-state index in [0.717, 1.165) is 31.2 Å². The van der Waals surface area contributed by atoms with E-state index in [9.17, 15) is 9.59 Å². The standard InChI is InChI=1S/C26H36ClNO4/c1-6-7-9-22(29)19-16-28-21(15-23(19)30)18-14-20(27)24(32-11-8-10-31-5)12-17(18)13-25(28)26(2,3)4/h12,14,16,21,25H,6-11,13,15H2,1-5H3. The third-order valence-corrected chi connectivity index (χ3v) is 6.75. The molecule has 0 radical (unpaired) electrons. The van der Waals surface area contributed by atoms with Crippen LogP contribution in [0.5, 0.6) is 5.75 Å². The van der Waals surface area contributed by atoms with Gasteiger partial charge in [0.2, 0.25) is 0 Å². The van der Waals surface area contributed by atoms with Gasteiger partial charge in [0.1, 0.15) is 5.75 Å². The van der Waals surface area contributed by atoms with Crippen LogP contribution in [-0.2, 0) is 20.7 Å². The van der Waals surface area contributed by atoms with E-state index in [1.165, 1.54) is 5.56 Å². The van der Waals surface area contributed by atoms with E-state index in [0.29, 0.717) is 42.4 Å². The zero-order valence-electron chi connectivity index (χ0n) is 20.0. The van der Waals surface area contributed by atoms with Crippen LogP contribution in [0.15, 0.2) is 23.9 Å². The first kappa shape index (κ1) is 24.8. The van der Waals surface area contributed by atoms with Crippen molar-refractivity contribution in [2.75, 3.05) is 20.3 Å². The van der Waals surface area contributed by atoms with Gasteiger partial charge in [0.15, 0.2) is 11.6 Å². The summed E-state index contributed by atoms with van der Waals surface area (Å²) in [5.41, 5.74) is 2.55. The topological polar surface area (TPSA) is 55.8 Å². The Hall–Kier alpha value is -1.85. The summed E-state index contributed by atoms with van der Waals surface area (Å²) in [7, 11) is 1.67. The second-order valence-electron chi connectivity index (χ2n) is 9.92. The van der Waals surface area contributed by atoms with Crippen LogP contribution in [0, 0.1) is 5.41 Å². The van der Waals surface area contributed by atoms with Gasteiger partial charge in [-0.2, -0.15) is 0 Å². The van der Waals surface area contributed by atoms with Gasteiger partial charge in [-0.1, -0.05) is 45.7 Å². The number of carbonyl (C=O) groups excluding carboxylic acids is 2. The van der Waals surface area contributed by atoms with Crippen LogP contribution in [0.1, 0.15) is 77.0 Å². The van der Waals surface area contributed by atoms with Crippen molar-refractivity contribution in [3.63, 3.8) is 0 Å². The lowest BCUT2D eigenvalue weighted by Crippen LogP contribution is -2.50. The van der Waals surface area contributed by atoms with E-state index in [4.69, 9.17) is 21.1 Å². The molecule has 0 spiro atoms. The van der Waals surface area contributed by atoms with Crippen molar-refractivity contribution in [1.29, 1.82) is 0 Å². The molecular weight excluding hydrogens is 426 g/mol. The lowest BCUT2D eigenvalue weighted by atomic mass is 9.74. The molecule has 0 aromatic heterocycles. The Morgan fingerprint density at radius 2 is 1.94 bits per heavy atom. The highest BCUT2D eigenvalue weighted by atomic mass is 35.5. The van der Waals surface area contributed by atoms with E-state index in [1.54, 1.807) is 7.11 Å². The maximum Gasteiger partial charge on any atom is 0.170 e. The van der Waals surface area contributed by atoms with Crippen LogP contribution >= 0.6 is 11.6 Å². The molecule has 6 heteroatoms. The Morgan fingerprint density at radius 1 is 1.19 bits per heavy atom. The fourth-order valence-corrected chi connectivity index (χ4v) is 4.87. The van der Waals surface area contributed by atoms with Gasteiger partial charge in [0.05, 0.1) is 23.2 Å². The fraction of sp³-hybridized carbons (Fsp3) is 0.615. The van der Waals surface area contributed by atoms with Crippen molar-refractivity contribution < 1.29 is 19.1 Å². The molecule has 2 aliphatic heterocycles. The summed E-state index contributed by atoms with van der Waals surface area (Å²) in [6.45, 7) is 9.85. The molecule has 0 N–H and O–H groups in total. The first-order valence-electron chi connectivity index (χ1n) is 11.7. The molecule has 0 aliphatic carbocycles. The van der Waals surface area contributed by atoms with E-state index < -0.39 is 0 Å². The number of nitrogens with zero attached hydrogens (tertiary/aromatic N) is 1. The van der Waals surface area contributed by atoms with Gasteiger partial charge in [-0.15, -0.1) is 0 Å². The van der Waals surface area contributed by atoms with E-state index in [2.05, 4.69) is 32.6 Å². The number of hydrogen-bond acceptors (Lipinski definition) is 5. The predicted octanol–water partition coefficient (Wildman–Crippen LogP) is 5.69. The molecule has 176 valence electrons. The Labute approximate surface area is 197 Å². The number of hydrogen-bond donors (Lipinski definition) is 0. The van der Waals surface area contributed by atoms with Crippen LogP contribution in [0.2, 0.25) is 5.02 Å². The molecule has 0 bridgehead atoms. The van der Waals surface area contributed by atoms with Crippen LogP contribution in [0.25, 0.3) is 0 Å². The number of allylic oxidation sites excluding steroid dienone is 1. The summed E-state index contributed by atoms with van der Waals surface area (Å²) >= 11 is 6.57. The molecule has 5 nitrogen and oxygen atoms in total. The number of benzene rings is 1. The Bertz CT molecular complexity index is 887. The highest BCUT2D eigenvalue weighted by molar-refractivity contribution is 6.32. The number of Topliss-reactive ketones (excluding diaryl/α,β-unsaturated/α-hetero) is 2. The largest absolute Gasteiger partial charge is 0.492 e. The molecule has 0 saturated heterocycles. The summed E-state index contributed by atoms with van der Waals surface area (Å²) in [5, 5.41) is 0.552. The lowest BCUT2D eigenvalue weighted by molar-refractivity contribution is -0.123. The molecule has 0 saturated carbocycles. The maximum atomic E-state index is 13.0. The van der Waals surface area contributed by atoms with Crippen LogP contribution in [-0.4, -0.2) is 42.8 Å². The summed E-state index contributed by atoms with van der Waals surface area (Å²) in [5.74, 6) is 0.575. The first-order valence-corrected chi connectivity index (χ1v) is 12.0. The molecule has 1 aromatic rings. The highest BCUT2D eigenvalue weighted by Gasteiger charge is 2.43. The maximum absolute atomic E-state index is 13.0. The number of ether oxygens (including phenoxy) is 2. The molecular formula is C26H36ClNO4. The van der Waals surface area contributed by atoms with Crippen molar-refractivity contribution in [3.8, 4) is 5.75 Å². The summed E-state index contributed by atoms with van der Waals surface area (Å²) < 4.78 is 11.0. The first-order chi connectivity index (χ1) is 15.2. The number of halogens is 1. The van der Waals surface area contributed by atoms with Crippen LogP contribution in [0.3, 0.4) is 0 Å². The number of fused-ring (bicyclic) bond motifs is 3. The average molecular weight is 462 g/mol. The molecule has 2 atom stereocenters. The number of unbranched alkanes of at least 4 members (excludes halogenated alkanes) is 1. The van der Waals surface area contributed by atoms with E-state index in [-0.39, 0.29) is 29.1 Å². The molecule has 1 aromatic carbocycles. The normalized spacial score (nSPS) is 20.5. The molecule has 3 rings (SSSR count). The summed E-state index contributed by atoms with van der Waals surface area (Å²) in [6.07, 6.45) is 5.91. The lowest BCUT2D eigenvalue weighted by Gasteiger charge is -2.50. The molecule has 2 heterocycles. The number of methoxy groups -OCH3 is 1. The van der Waals surface area contributed by atoms with Gasteiger partial charge in [0.25, 0.3) is 0 Å². The molecule has 0 fully saturated rings. The Kier molecular flexibility index (Phi) is 8.05. The van der Waals surface area contributed by atoms with Gasteiger partial charge in [-0.25, -0.2) is 0 Å². The van der Waals surface area contributed by atoms with Gasteiger partial charge >= 0.3 is 0 Å². The van der Waals surface area contributed by atoms with Crippen LogP contribution < -0.4 is 4.74 Å². The van der Waals surface area contributed by atoms with Crippen molar-refractivity contribution >= 4 is 23.2 Å². The Morgan fingerprint density at radius 3 is 2.59 bits per heavy atom. The van der Waals surface area contributed by atoms with Crippen molar-refractivity contribution in [2.45, 2.75) is 78.3 Å². The van der Waals surface area contributed by atoms with Gasteiger partial charge in [0, 0.05) is 45.2 Å². The average Bonchev–Trinajstić information content (AvgIpc) is 2.74. The van der Waals surface area contributed by atoms with E-state index in [1.807, 2.05) is 18.3 Å². The minimum Gasteiger partial charge on any atom is -0.492 e. The van der Waals surface area contributed by atoms with Gasteiger partial charge in [-0.3, -0.25) is 9.59 Å². The van der Waals surface area contributed by atoms with Crippen molar-refractivity contribution in [3.05, 3.63) is 40.1 Å². The number of ketones is 2. The number of rotatable bonds is 9. The summed E-state index contributed by atoms with van der Waals surface area (Å²) in [4.78, 5) is 28.0. The second-order valence-corrected chi connectivity index (χ2v) is 10.3. The monoisotopic (exact) mass is 461 g/mol. The zero-order valence-corrected chi connectivity index (χ0v) is 20.8. The van der Waals surface area contributed by atoms with Gasteiger partial charge < -0.3 is 14.4 Å². The molecule has 32 heavy (non-hydrogen) atoms. The molecule has 0 amide bonds. The minimum absolute atomic E-state index is 0.0356. The van der Waals surface area contributed by atoms with Crippen LogP contribution in [0.4, 0.5) is 0 Å². The molecule has 2 aliphatic rings. The second kappa shape index (κ2) is 10.4. The minimum atomic E-state index is -0.113. The molecule has 2 unspecified atom stereocenters. The quantitative estimate of drug-likeness (QED) is 0.349. The van der Waals surface area contributed by atoms with Crippen molar-refractivity contribution in [2.24, 2.45) is 5.41 Å². The van der Waals surface area contributed by atoms with Crippen molar-refractivity contribution in [1.82, 2.24) is 4.90 Å². The SMILES string of the molecule is CCCCC(=O)C1=CN2C(CC1=O)c1cc(Cl)c(OCCCOC)cc1CC2C(C)(C)C. The number of carbonyl (C=O) groups is 2. The predicted molar refractivity (Wildman–Crippen MR) is 127 cm³/mol. The smallest absolute Gasteiger partial charge is 0.170 e. The van der Waals surface area contributed by atoms with E-state index >= 15 is 0 Å². The third kappa shape index (κ3) is 5.37.